The van der Waals surface area contributed by atoms with Crippen molar-refractivity contribution >= 4 is 5.97 Å². The molecule has 0 aliphatic heterocycles. The number of carbonyl (C=O) groups excluding carboxylic acids is 1. The van der Waals surface area contributed by atoms with Crippen LogP contribution in [0.2, 0.25) is 0 Å². The Labute approximate surface area is 135 Å². The minimum atomic E-state index is -0.509. The van der Waals surface area contributed by atoms with Crippen LogP contribution in [0.15, 0.2) is 22.8 Å². The number of esters is 1. The summed E-state index contributed by atoms with van der Waals surface area (Å²) >= 11 is 0. The minimum Gasteiger partial charge on any atom is -0.462 e. The van der Waals surface area contributed by atoms with Gasteiger partial charge in [0.15, 0.2) is 0 Å². The van der Waals surface area contributed by atoms with Gasteiger partial charge >= 0.3 is 5.97 Å². The number of allylic oxidation sites excluding steroid dienone is 3. The number of rotatable bonds is 6. The zero-order valence-corrected chi connectivity index (χ0v) is 14.7. The van der Waals surface area contributed by atoms with E-state index in [9.17, 15) is 4.79 Å². The smallest absolute Gasteiger partial charge is 0.348 e. The highest BCUT2D eigenvalue weighted by atomic mass is 16.5. The molecule has 3 heteroatoms. The van der Waals surface area contributed by atoms with Gasteiger partial charge in [0.2, 0.25) is 0 Å². The van der Waals surface area contributed by atoms with Crippen LogP contribution in [-0.4, -0.2) is 12.6 Å². The molecular formula is C19H29NO2. The fraction of sp³-hybridized carbons (Fsp3) is 0.684. The van der Waals surface area contributed by atoms with Crippen LogP contribution in [0.3, 0.4) is 0 Å². The van der Waals surface area contributed by atoms with Crippen molar-refractivity contribution in [2.45, 2.75) is 66.7 Å². The van der Waals surface area contributed by atoms with Gasteiger partial charge in [-0.15, -0.1) is 0 Å². The number of nitrogens with zero attached hydrogens (tertiary/aromatic N) is 1. The molecule has 0 spiro atoms. The molecule has 1 aliphatic carbocycles. The Hall–Kier alpha value is -1.56. The van der Waals surface area contributed by atoms with Crippen molar-refractivity contribution in [3.05, 3.63) is 22.8 Å². The lowest BCUT2D eigenvalue weighted by molar-refractivity contribution is -0.138. The number of nitriles is 1. The van der Waals surface area contributed by atoms with Crippen molar-refractivity contribution in [1.29, 1.82) is 5.26 Å². The summed E-state index contributed by atoms with van der Waals surface area (Å²) in [4.78, 5) is 11.6. The van der Waals surface area contributed by atoms with Crippen LogP contribution in [0.1, 0.15) is 66.7 Å². The summed E-state index contributed by atoms with van der Waals surface area (Å²) in [7, 11) is 0. The molecule has 0 aromatic heterocycles. The highest BCUT2D eigenvalue weighted by Gasteiger charge is 2.28. The van der Waals surface area contributed by atoms with Crippen molar-refractivity contribution in [2.75, 3.05) is 6.61 Å². The minimum absolute atomic E-state index is 0.128. The number of ether oxygens (including phenoxy) is 1. The molecule has 1 rings (SSSR count). The predicted molar refractivity (Wildman–Crippen MR) is 89.1 cm³/mol. The summed E-state index contributed by atoms with van der Waals surface area (Å²) in [5.41, 5.74) is 3.50. The standard InChI is InChI=1S/C19H29NO2/c1-6-22-18(21)16(13-20)12-14(2)9-10-17-15(3)8-7-11-19(17,4)5/h12,14H,6-11H2,1-5H3. The van der Waals surface area contributed by atoms with Crippen LogP contribution in [0.25, 0.3) is 0 Å². The maximum absolute atomic E-state index is 11.6. The van der Waals surface area contributed by atoms with Gasteiger partial charge in [-0.05, 0) is 57.3 Å². The van der Waals surface area contributed by atoms with Crippen molar-refractivity contribution in [3.8, 4) is 6.07 Å². The SMILES string of the molecule is CCOC(=O)C(C#N)=CC(C)CCC1=C(C)CCCC1(C)C. The molecule has 0 N–H and O–H groups in total. The number of hydrogen-bond donors (Lipinski definition) is 0. The quantitative estimate of drug-likeness (QED) is 0.302. The Morgan fingerprint density at radius 1 is 1.50 bits per heavy atom. The Morgan fingerprint density at radius 3 is 2.73 bits per heavy atom. The first-order chi connectivity index (χ1) is 10.3. The van der Waals surface area contributed by atoms with Crippen LogP contribution >= 0.6 is 0 Å². The molecular weight excluding hydrogens is 274 g/mol. The zero-order valence-electron chi connectivity index (χ0n) is 14.7. The highest BCUT2D eigenvalue weighted by Crippen LogP contribution is 2.42. The number of carbonyl (C=O) groups is 1. The second kappa shape index (κ2) is 8.17. The van der Waals surface area contributed by atoms with Gasteiger partial charge in [0.25, 0.3) is 0 Å². The Balaban J connectivity index is 2.71. The van der Waals surface area contributed by atoms with Crippen LogP contribution in [0.5, 0.6) is 0 Å². The second-order valence-electron chi connectivity index (χ2n) is 6.92. The van der Waals surface area contributed by atoms with Gasteiger partial charge in [0, 0.05) is 0 Å². The van der Waals surface area contributed by atoms with E-state index >= 15 is 0 Å². The van der Waals surface area contributed by atoms with Gasteiger partial charge in [-0.1, -0.05) is 38.0 Å². The zero-order chi connectivity index (χ0) is 16.8. The summed E-state index contributed by atoms with van der Waals surface area (Å²) in [6.07, 6.45) is 7.48. The average Bonchev–Trinajstić information content (AvgIpc) is 2.43. The Bertz CT molecular complexity index is 506. The summed E-state index contributed by atoms with van der Waals surface area (Å²) in [6.45, 7) is 11.0. The molecule has 0 amide bonds. The Kier molecular flexibility index (Phi) is 6.87. The summed E-state index contributed by atoms with van der Waals surface area (Å²) in [5.74, 6) is -0.317. The van der Waals surface area contributed by atoms with Crippen LogP contribution in [0.4, 0.5) is 0 Å². The third-order valence-electron chi connectivity index (χ3n) is 4.60. The van der Waals surface area contributed by atoms with E-state index in [2.05, 4.69) is 27.7 Å². The maximum atomic E-state index is 11.6. The summed E-state index contributed by atoms with van der Waals surface area (Å²) in [5, 5.41) is 9.09. The van der Waals surface area contributed by atoms with E-state index in [4.69, 9.17) is 10.00 Å². The normalized spacial score (nSPS) is 19.5. The molecule has 0 saturated carbocycles. The molecule has 1 aliphatic rings. The molecule has 3 nitrogen and oxygen atoms in total. The average molecular weight is 303 g/mol. The lowest BCUT2D eigenvalue weighted by atomic mass is 9.71. The van der Waals surface area contributed by atoms with Crippen LogP contribution < -0.4 is 0 Å². The van der Waals surface area contributed by atoms with Gasteiger partial charge in [0.05, 0.1) is 6.61 Å². The van der Waals surface area contributed by atoms with Crippen molar-refractivity contribution in [2.24, 2.45) is 11.3 Å². The lowest BCUT2D eigenvalue weighted by Gasteiger charge is -2.35. The fourth-order valence-electron chi connectivity index (χ4n) is 3.33. The molecule has 0 aromatic rings. The van der Waals surface area contributed by atoms with Crippen molar-refractivity contribution in [1.82, 2.24) is 0 Å². The van der Waals surface area contributed by atoms with Crippen LogP contribution in [0, 0.1) is 22.7 Å². The first kappa shape index (κ1) is 18.5. The van der Waals surface area contributed by atoms with E-state index in [1.165, 1.54) is 24.8 Å². The highest BCUT2D eigenvalue weighted by molar-refractivity contribution is 5.92. The van der Waals surface area contributed by atoms with Gasteiger partial charge in [-0.25, -0.2) is 4.79 Å². The van der Waals surface area contributed by atoms with Crippen molar-refractivity contribution in [3.63, 3.8) is 0 Å². The molecule has 0 saturated heterocycles. The molecule has 0 fully saturated rings. The Morgan fingerprint density at radius 2 is 2.18 bits per heavy atom. The monoisotopic (exact) mass is 303 g/mol. The van der Waals surface area contributed by atoms with Gasteiger partial charge in [-0.3, -0.25) is 0 Å². The van der Waals surface area contributed by atoms with E-state index in [1.807, 2.05) is 6.07 Å². The van der Waals surface area contributed by atoms with Gasteiger partial charge < -0.3 is 4.74 Å². The first-order valence-electron chi connectivity index (χ1n) is 8.30. The third-order valence-corrected chi connectivity index (χ3v) is 4.60. The summed E-state index contributed by atoms with van der Waals surface area (Å²) in [6, 6.07) is 1.96. The number of hydrogen-bond acceptors (Lipinski definition) is 3. The first-order valence-corrected chi connectivity index (χ1v) is 8.30. The fourth-order valence-corrected chi connectivity index (χ4v) is 3.33. The van der Waals surface area contributed by atoms with Gasteiger partial charge in [0.1, 0.15) is 11.6 Å². The maximum Gasteiger partial charge on any atom is 0.348 e. The largest absolute Gasteiger partial charge is 0.462 e. The molecule has 0 bridgehead atoms. The predicted octanol–water partition coefficient (Wildman–Crippen LogP) is 4.94. The van der Waals surface area contributed by atoms with E-state index in [-0.39, 0.29) is 16.9 Å². The van der Waals surface area contributed by atoms with E-state index in [0.717, 1.165) is 12.8 Å². The molecule has 0 radical (unpaired) electrons. The molecule has 1 unspecified atom stereocenters. The van der Waals surface area contributed by atoms with Crippen LogP contribution in [-0.2, 0) is 9.53 Å². The molecule has 1 atom stereocenters. The van der Waals surface area contributed by atoms with E-state index in [1.54, 1.807) is 18.6 Å². The third kappa shape index (κ3) is 5.02. The molecule has 0 heterocycles. The molecule has 22 heavy (non-hydrogen) atoms. The second-order valence-corrected chi connectivity index (χ2v) is 6.92. The van der Waals surface area contributed by atoms with Crippen molar-refractivity contribution < 1.29 is 9.53 Å². The van der Waals surface area contributed by atoms with E-state index < -0.39 is 5.97 Å². The van der Waals surface area contributed by atoms with Gasteiger partial charge in [-0.2, -0.15) is 5.26 Å². The van der Waals surface area contributed by atoms with E-state index in [0.29, 0.717) is 6.61 Å². The summed E-state index contributed by atoms with van der Waals surface area (Å²) < 4.78 is 4.90. The molecule has 0 aromatic carbocycles. The topological polar surface area (TPSA) is 50.1 Å². The molecule has 122 valence electrons. The lowest BCUT2D eigenvalue weighted by Crippen LogP contribution is -2.20.